The Bertz CT molecular complexity index is 522. The first-order chi connectivity index (χ1) is 8.05. The van der Waals surface area contributed by atoms with Gasteiger partial charge in [-0.25, -0.2) is 0 Å². The molecule has 0 bridgehead atoms. The summed E-state index contributed by atoms with van der Waals surface area (Å²) in [6.07, 6.45) is 1.42. The third kappa shape index (κ3) is 2.16. The lowest BCUT2D eigenvalue weighted by Gasteiger charge is -2.29. The van der Waals surface area contributed by atoms with Crippen LogP contribution in [0.25, 0.3) is 10.9 Å². The lowest BCUT2D eigenvalue weighted by atomic mass is 9.91. The van der Waals surface area contributed by atoms with Crippen LogP contribution in [0.15, 0.2) is 36.5 Å². The van der Waals surface area contributed by atoms with Crippen LogP contribution in [0.5, 0.6) is 0 Å². The molecule has 3 nitrogen and oxygen atoms in total. The Morgan fingerprint density at radius 3 is 2.76 bits per heavy atom. The highest BCUT2D eigenvalue weighted by molar-refractivity contribution is 5.78. The molecule has 0 saturated carbocycles. The maximum atomic E-state index is 10.4. The molecule has 2 unspecified atom stereocenters. The molecule has 0 aliphatic carbocycles. The zero-order valence-electron chi connectivity index (χ0n) is 10.3. The van der Waals surface area contributed by atoms with Gasteiger partial charge >= 0.3 is 0 Å². The van der Waals surface area contributed by atoms with Gasteiger partial charge < -0.3 is 9.84 Å². The second kappa shape index (κ2) is 4.43. The predicted octanol–water partition coefficient (Wildman–Crippen LogP) is 2.48. The molecule has 0 spiro atoms. The van der Waals surface area contributed by atoms with E-state index in [4.69, 9.17) is 4.74 Å². The third-order valence-electron chi connectivity index (χ3n) is 3.32. The van der Waals surface area contributed by atoms with E-state index in [0.29, 0.717) is 0 Å². The molecule has 0 amide bonds. The fourth-order valence-electron chi connectivity index (χ4n) is 1.81. The van der Waals surface area contributed by atoms with Crippen LogP contribution in [0.1, 0.15) is 19.4 Å². The van der Waals surface area contributed by atoms with Gasteiger partial charge in [0.25, 0.3) is 0 Å². The van der Waals surface area contributed by atoms with Crippen molar-refractivity contribution in [2.24, 2.45) is 0 Å². The van der Waals surface area contributed by atoms with Crippen molar-refractivity contribution in [2.45, 2.75) is 25.6 Å². The Kier molecular flexibility index (Phi) is 3.13. The number of hydrogen-bond acceptors (Lipinski definition) is 3. The molecular weight excluding hydrogens is 214 g/mol. The van der Waals surface area contributed by atoms with E-state index < -0.39 is 5.60 Å². The summed E-state index contributed by atoms with van der Waals surface area (Å²) in [6, 6.07) is 9.80. The first-order valence-corrected chi connectivity index (χ1v) is 5.66. The third-order valence-corrected chi connectivity index (χ3v) is 3.32. The zero-order chi connectivity index (χ0) is 12.5. The summed E-state index contributed by atoms with van der Waals surface area (Å²) in [4.78, 5) is 4.35. The van der Waals surface area contributed by atoms with E-state index >= 15 is 0 Å². The van der Waals surface area contributed by atoms with Crippen LogP contribution in [-0.4, -0.2) is 23.3 Å². The standard InChI is InChI=1S/C14H17NO2/c1-10(17-3)14(2,16)12-8-11-6-4-5-7-13(11)15-9-12/h4-10,16H,1-3H3. The molecule has 2 aromatic rings. The number of aromatic nitrogens is 1. The summed E-state index contributed by atoms with van der Waals surface area (Å²) in [5.41, 5.74) is 0.661. The van der Waals surface area contributed by atoms with Crippen molar-refractivity contribution in [2.75, 3.05) is 7.11 Å². The number of benzene rings is 1. The highest BCUT2D eigenvalue weighted by Crippen LogP contribution is 2.27. The van der Waals surface area contributed by atoms with Crippen molar-refractivity contribution < 1.29 is 9.84 Å². The largest absolute Gasteiger partial charge is 0.383 e. The van der Waals surface area contributed by atoms with Crippen LogP contribution in [0, 0.1) is 0 Å². The van der Waals surface area contributed by atoms with Crippen molar-refractivity contribution in [1.29, 1.82) is 0 Å². The number of fused-ring (bicyclic) bond motifs is 1. The molecule has 0 aliphatic rings. The Labute approximate surface area is 101 Å². The second-order valence-corrected chi connectivity index (χ2v) is 4.44. The topological polar surface area (TPSA) is 42.4 Å². The monoisotopic (exact) mass is 231 g/mol. The quantitative estimate of drug-likeness (QED) is 0.882. The van der Waals surface area contributed by atoms with Crippen LogP contribution in [0.2, 0.25) is 0 Å². The molecule has 2 atom stereocenters. The van der Waals surface area contributed by atoms with Gasteiger partial charge in [-0.15, -0.1) is 0 Å². The van der Waals surface area contributed by atoms with Gasteiger partial charge in [0.15, 0.2) is 0 Å². The minimum atomic E-state index is -1.04. The van der Waals surface area contributed by atoms with Crippen molar-refractivity contribution in [3.05, 3.63) is 42.1 Å². The Hall–Kier alpha value is -1.45. The number of methoxy groups -OCH3 is 1. The average Bonchev–Trinajstić information content (AvgIpc) is 2.37. The number of ether oxygens (including phenoxy) is 1. The molecule has 3 heteroatoms. The lowest BCUT2D eigenvalue weighted by Crippen LogP contribution is -2.35. The number of aliphatic hydroxyl groups is 1. The van der Waals surface area contributed by atoms with E-state index in [2.05, 4.69) is 4.98 Å². The fourth-order valence-corrected chi connectivity index (χ4v) is 1.81. The van der Waals surface area contributed by atoms with Crippen molar-refractivity contribution in [1.82, 2.24) is 4.98 Å². The van der Waals surface area contributed by atoms with E-state index in [9.17, 15) is 5.11 Å². The molecule has 90 valence electrons. The molecule has 1 heterocycles. The molecule has 0 radical (unpaired) electrons. The van der Waals surface area contributed by atoms with E-state index in [1.807, 2.05) is 37.3 Å². The minimum absolute atomic E-state index is 0.287. The fraction of sp³-hybridized carbons (Fsp3) is 0.357. The van der Waals surface area contributed by atoms with Crippen molar-refractivity contribution in [3.63, 3.8) is 0 Å². The smallest absolute Gasteiger partial charge is 0.114 e. The summed E-state index contributed by atoms with van der Waals surface area (Å²) < 4.78 is 5.20. The first kappa shape index (κ1) is 12.0. The van der Waals surface area contributed by atoms with Crippen molar-refractivity contribution >= 4 is 10.9 Å². The molecule has 1 aromatic carbocycles. The van der Waals surface area contributed by atoms with E-state index in [-0.39, 0.29) is 6.10 Å². The second-order valence-electron chi connectivity index (χ2n) is 4.44. The van der Waals surface area contributed by atoms with Gasteiger partial charge in [-0.1, -0.05) is 18.2 Å². The maximum Gasteiger partial charge on any atom is 0.114 e. The summed E-state index contributed by atoms with van der Waals surface area (Å²) in [7, 11) is 1.59. The van der Waals surface area contributed by atoms with Gasteiger partial charge in [0, 0.05) is 24.3 Å². The Balaban J connectivity index is 2.49. The van der Waals surface area contributed by atoms with Gasteiger partial charge in [-0.05, 0) is 26.0 Å². The first-order valence-electron chi connectivity index (χ1n) is 5.66. The number of hydrogen-bond donors (Lipinski definition) is 1. The van der Waals surface area contributed by atoms with E-state index in [1.54, 1.807) is 20.2 Å². The van der Waals surface area contributed by atoms with E-state index in [1.165, 1.54) is 0 Å². The number of nitrogens with zero attached hydrogens (tertiary/aromatic N) is 1. The lowest BCUT2D eigenvalue weighted by molar-refractivity contribution is -0.0772. The normalized spacial score (nSPS) is 16.7. The molecule has 0 fully saturated rings. The molecule has 2 rings (SSSR count). The van der Waals surface area contributed by atoms with Crippen LogP contribution in [0.3, 0.4) is 0 Å². The SMILES string of the molecule is COC(C)C(C)(O)c1cnc2ccccc2c1. The van der Waals surface area contributed by atoms with Crippen LogP contribution in [-0.2, 0) is 10.3 Å². The molecule has 1 N–H and O–H groups in total. The van der Waals surface area contributed by atoms with Crippen LogP contribution >= 0.6 is 0 Å². The number of pyridine rings is 1. The summed E-state index contributed by atoms with van der Waals surface area (Å²) in [5.74, 6) is 0. The number of para-hydroxylation sites is 1. The maximum absolute atomic E-state index is 10.4. The molecule has 0 aliphatic heterocycles. The van der Waals surface area contributed by atoms with Crippen LogP contribution in [0.4, 0.5) is 0 Å². The molecular formula is C14H17NO2. The highest BCUT2D eigenvalue weighted by Gasteiger charge is 2.31. The Morgan fingerprint density at radius 2 is 2.06 bits per heavy atom. The summed E-state index contributed by atoms with van der Waals surface area (Å²) in [5, 5.41) is 11.5. The van der Waals surface area contributed by atoms with Gasteiger partial charge in [0.1, 0.15) is 5.60 Å². The summed E-state index contributed by atoms with van der Waals surface area (Å²) >= 11 is 0. The highest BCUT2D eigenvalue weighted by atomic mass is 16.5. The zero-order valence-corrected chi connectivity index (χ0v) is 10.3. The molecule has 17 heavy (non-hydrogen) atoms. The number of rotatable bonds is 3. The summed E-state index contributed by atoms with van der Waals surface area (Å²) in [6.45, 7) is 3.59. The van der Waals surface area contributed by atoms with Gasteiger partial charge in [0.05, 0.1) is 11.6 Å². The van der Waals surface area contributed by atoms with Crippen molar-refractivity contribution in [3.8, 4) is 0 Å². The van der Waals surface area contributed by atoms with Gasteiger partial charge in [0.2, 0.25) is 0 Å². The predicted molar refractivity (Wildman–Crippen MR) is 67.8 cm³/mol. The van der Waals surface area contributed by atoms with E-state index in [0.717, 1.165) is 16.5 Å². The Morgan fingerprint density at radius 1 is 1.35 bits per heavy atom. The average molecular weight is 231 g/mol. The minimum Gasteiger partial charge on any atom is -0.383 e. The van der Waals surface area contributed by atoms with Gasteiger partial charge in [-0.2, -0.15) is 0 Å². The van der Waals surface area contributed by atoms with Crippen LogP contribution < -0.4 is 0 Å². The molecule has 0 saturated heterocycles. The van der Waals surface area contributed by atoms with Gasteiger partial charge in [-0.3, -0.25) is 4.98 Å². The molecule has 1 aromatic heterocycles.